The summed E-state index contributed by atoms with van der Waals surface area (Å²) in [6.07, 6.45) is 17.4. The molecule has 0 N–H and O–H groups in total. The van der Waals surface area contributed by atoms with Crippen LogP contribution in [0.3, 0.4) is 0 Å². The van der Waals surface area contributed by atoms with Crippen LogP contribution in [-0.4, -0.2) is 0 Å². The lowest BCUT2D eigenvalue weighted by Crippen LogP contribution is -2.23. The summed E-state index contributed by atoms with van der Waals surface area (Å²) < 4.78 is 71.4. The maximum atomic E-state index is 15.3. The Bertz CT molecular complexity index is 1140. The molecule has 0 heterocycles. The van der Waals surface area contributed by atoms with Gasteiger partial charge < -0.3 is 0 Å². The van der Waals surface area contributed by atoms with E-state index in [0.717, 1.165) is 93.4 Å². The predicted molar refractivity (Wildman–Crippen MR) is 152 cm³/mol. The van der Waals surface area contributed by atoms with Crippen LogP contribution in [-0.2, 0) is 0 Å². The zero-order valence-corrected chi connectivity index (χ0v) is 23.8. The Kier molecular flexibility index (Phi) is 9.68. The molecule has 40 heavy (non-hydrogen) atoms. The van der Waals surface area contributed by atoms with Gasteiger partial charge in [0.1, 0.15) is 11.6 Å². The van der Waals surface area contributed by atoms with Gasteiger partial charge in [0.2, 0.25) is 0 Å². The molecule has 5 rings (SSSR count). The highest BCUT2D eigenvalue weighted by Gasteiger charge is 2.31. The molecule has 5 heteroatoms. The minimum atomic E-state index is -1.41. The lowest BCUT2D eigenvalue weighted by atomic mass is 9.70. The standard InChI is InChI=1S/C35H43F5/c1-2-3-4-5-22-6-8-25(9-7-22)28-18-30(36)34(31(37)19-28)27-16-14-24(15-17-27)23-10-12-26(13-11-23)29-20-32(38)35(40)33(39)21-29/h16,18-26H,2-15,17H2,1H3/t22-,23-,24?,25-,26-. The van der Waals surface area contributed by atoms with Crippen molar-refractivity contribution < 1.29 is 22.0 Å². The molecule has 0 aliphatic heterocycles. The number of rotatable bonds is 8. The van der Waals surface area contributed by atoms with Gasteiger partial charge in [-0.05, 0) is 141 Å². The van der Waals surface area contributed by atoms with E-state index in [4.69, 9.17) is 0 Å². The molecule has 0 spiro atoms. The number of hydrogen-bond donors (Lipinski definition) is 0. The maximum absolute atomic E-state index is 15.3. The fourth-order valence-corrected chi connectivity index (χ4v) is 7.85. The van der Waals surface area contributed by atoms with E-state index in [0.29, 0.717) is 23.8 Å². The minimum absolute atomic E-state index is 0.0355. The van der Waals surface area contributed by atoms with Gasteiger partial charge in [-0.3, -0.25) is 0 Å². The van der Waals surface area contributed by atoms with E-state index >= 15 is 8.78 Å². The SMILES string of the molecule is CCCCC[C@H]1CC[C@H](c2cc(F)c(C3=CCC([C@H]4CC[C@H](c5cc(F)c(F)c(F)c5)CC4)CC3)c(F)c2)CC1. The first-order valence-electron chi connectivity index (χ1n) is 15.7. The van der Waals surface area contributed by atoms with Gasteiger partial charge in [0, 0.05) is 5.56 Å². The molecule has 3 aliphatic carbocycles. The van der Waals surface area contributed by atoms with E-state index in [1.54, 1.807) is 12.1 Å². The third-order valence-electron chi connectivity index (χ3n) is 10.3. The van der Waals surface area contributed by atoms with Crippen LogP contribution in [0.15, 0.2) is 30.3 Å². The summed E-state index contributed by atoms with van der Waals surface area (Å²) in [7, 11) is 0. The van der Waals surface area contributed by atoms with Crippen molar-refractivity contribution in [3.63, 3.8) is 0 Å². The van der Waals surface area contributed by atoms with Crippen LogP contribution >= 0.6 is 0 Å². The molecule has 2 saturated carbocycles. The average molecular weight is 559 g/mol. The second-order valence-electron chi connectivity index (χ2n) is 12.7. The number of hydrogen-bond acceptors (Lipinski definition) is 0. The van der Waals surface area contributed by atoms with Gasteiger partial charge in [0.05, 0.1) is 0 Å². The van der Waals surface area contributed by atoms with E-state index in [-0.39, 0.29) is 17.4 Å². The summed E-state index contributed by atoms with van der Waals surface area (Å²) in [5, 5.41) is 0. The normalized spacial score (nSPS) is 27.4. The summed E-state index contributed by atoms with van der Waals surface area (Å²) in [5.74, 6) is -2.53. The van der Waals surface area contributed by atoms with Crippen molar-refractivity contribution in [1.82, 2.24) is 0 Å². The molecule has 0 amide bonds. The van der Waals surface area contributed by atoms with Gasteiger partial charge in [-0.25, -0.2) is 22.0 Å². The largest absolute Gasteiger partial charge is 0.206 e. The molecule has 0 saturated heterocycles. The maximum Gasteiger partial charge on any atom is 0.194 e. The monoisotopic (exact) mass is 558 g/mol. The minimum Gasteiger partial charge on any atom is -0.206 e. The molecule has 218 valence electrons. The van der Waals surface area contributed by atoms with E-state index in [2.05, 4.69) is 6.92 Å². The Labute approximate surface area is 236 Å². The molecule has 3 aliphatic rings. The second kappa shape index (κ2) is 13.2. The van der Waals surface area contributed by atoms with Crippen molar-refractivity contribution in [3.05, 3.63) is 76.1 Å². The molecule has 0 aromatic heterocycles. The highest BCUT2D eigenvalue weighted by molar-refractivity contribution is 5.67. The van der Waals surface area contributed by atoms with Gasteiger partial charge in [-0.15, -0.1) is 0 Å². The van der Waals surface area contributed by atoms with Crippen molar-refractivity contribution in [2.24, 2.45) is 17.8 Å². The lowest BCUT2D eigenvalue weighted by molar-refractivity contribution is 0.220. The molecule has 0 nitrogen and oxygen atoms in total. The fourth-order valence-electron chi connectivity index (χ4n) is 7.85. The van der Waals surface area contributed by atoms with Crippen molar-refractivity contribution in [3.8, 4) is 0 Å². The zero-order chi connectivity index (χ0) is 28.2. The van der Waals surface area contributed by atoms with Crippen molar-refractivity contribution >= 4 is 5.57 Å². The number of halogens is 5. The average Bonchev–Trinajstić information content (AvgIpc) is 2.96. The van der Waals surface area contributed by atoms with Crippen LogP contribution in [0.25, 0.3) is 5.57 Å². The third kappa shape index (κ3) is 6.65. The van der Waals surface area contributed by atoms with Gasteiger partial charge >= 0.3 is 0 Å². The summed E-state index contributed by atoms with van der Waals surface area (Å²) in [6.45, 7) is 2.23. The number of benzene rings is 2. The Morgan fingerprint density at radius 2 is 1.18 bits per heavy atom. The first kappa shape index (κ1) is 29.3. The van der Waals surface area contributed by atoms with E-state index in [1.807, 2.05) is 6.08 Å². The summed E-state index contributed by atoms with van der Waals surface area (Å²) in [5.41, 5.74) is 2.29. The van der Waals surface area contributed by atoms with E-state index in [1.165, 1.54) is 25.7 Å². The van der Waals surface area contributed by atoms with E-state index in [9.17, 15) is 13.2 Å². The van der Waals surface area contributed by atoms with Gasteiger partial charge in [-0.2, -0.15) is 0 Å². The topological polar surface area (TPSA) is 0 Å². The molecule has 2 aromatic rings. The Morgan fingerprint density at radius 3 is 1.70 bits per heavy atom. The van der Waals surface area contributed by atoms with Crippen LogP contribution in [0.2, 0.25) is 0 Å². The van der Waals surface area contributed by atoms with Crippen LogP contribution in [0.1, 0.15) is 132 Å². The fraction of sp³-hybridized carbons (Fsp3) is 0.600. The van der Waals surface area contributed by atoms with Crippen LogP contribution in [0.5, 0.6) is 0 Å². The highest BCUT2D eigenvalue weighted by Crippen LogP contribution is 2.45. The van der Waals surface area contributed by atoms with Gasteiger partial charge in [0.25, 0.3) is 0 Å². The van der Waals surface area contributed by atoms with Gasteiger partial charge in [-0.1, -0.05) is 38.7 Å². The van der Waals surface area contributed by atoms with Crippen LogP contribution in [0.4, 0.5) is 22.0 Å². The van der Waals surface area contributed by atoms with Crippen molar-refractivity contribution in [2.45, 2.75) is 115 Å². The Hall–Kier alpha value is -2.17. The molecular formula is C35H43F5. The molecule has 0 bridgehead atoms. The zero-order valence-electron chi connectivity index (χ0n) is 23.8. The third-order valence-corrected chi connectivity index (χ3v) is 10.3. The quantitative estimate of drug-likeness (QED) is 0.172. The summed E-state index contributed by atoms with van der Waals surface area (Å²) in [6, 6.07) is 5.45. The molecule has 1 unspecified atom stereocenters. The lowest BCUT2D eigenvalue weighted by Gasteiger charge is -2.36. The molecular weight excluding hydrogens is 515 g/mol. The Morgan fingerprint density at radius 1 is 0.625 bits per heavy atom. The van der Waals surface area contributed by atoms with Crippen LogP contribution < -0.4 is 0 Å². The predicted octanol–water partition coefficient (Wildman–Crippen LogP) is 11.4. The molecule has 0 radical (unpaired) electrons. The second-order valence-corrected chi connectivity index (χ2v) is 12.7. The van der Waals surface area contributed by atoms with Crippen molar-refractivity contribution in [2.75, 3.05) is 0 Å². The van der Waals surface area contributed by atoms with E-state index < -0.39 is 29.1 Å². The van der Waals surface area contributed by atoms with Crippen LogP contribution in [0, 0.1) is 46.8 Å². The highest BCUT2D eigenvalue weighted by atomic mass is 19.2. The summed E-state index contributed by atoms with van der Waals surface area (Å²) >= 11 is 0. The Balaban J connectivity index is 1.16. The molecule has 2 fully saturated rings. The molecule has 2 aromatic carbocycles. The van der Waals surface area contributed by atoms with Gasteiger partial charge in [0.15, 0.2) is 17.5 Å². The first-order valence-corrected chi connectivity index (χ1v) is 15.7. The smallest absolute Gasteiger partial charge is 0.194 e. The number of allylic oxidation sites excluding steroid dienone is 2. The number of unbranched alkanes of at least 4 members (excludes halogenated alkanes) is 2. The first-order chi connectivity index (χ1) is 19.3. The summed E-state index contributed by atoms with van der Waals surface area (Å²) in [4.78, 5) is 0. The molecule has 1 atom stereocenters. The van der Waals surface area contributed by atoms with Crippen molar-refractivity contribution in [1.29, 1.82) is 0 Å².